The lowest BCUT2D eigenvalue weighted by molar-refractivity contribution is 0.773. The summed E-state index contributed by atoms with van der Waals surface area (Å²) in [6, 6.07) is 5.85. The van der Waals surface area contributed by atoms with E-state index in [1.54, 1.807) is 11.3 Å². The summed E-state index contributed by atoms with van der Waals surface area (Å²) in [7, 11) is 0. The minimum atomic E-state index is 0.467. The number of aliphatic imine (C=N–C) groups is 1. The van der Waals surface area contributed by atoms with E-state index in [1.165, 1.54) is 5.01 Å². The van der Waals surface area contributed by atoms with Gasteiger partial charge in [0.1, 0.15) is 6.54 Å². The van der Waals surface area contributed by atoms with Crippen molar-refractivity contribution in [3.63, 3.8) is 0 Å². The molecule has 3 rings (SSSR count). The molecule has 0 fully saturated rings. The highest BCUT2D eigenvalue weighted by atomic mass is 32.1. The molecular weight excluding hydrogens is 346 g/mol. The van der Waals surface area contributed by atoms with E-state index in [9.17, 15) is 0 Å². The first-order valence-corrected chi connectivity index (χ1v) is 9.80. The van der Waals surface area contributed by atoms with Crippen molar-refractivity contribution < 1.29 is 0 Å². The number of aromatic nitrogens is 4. The van der Waals surface area contributed by atoms with Crippen molar-refractivity contribution >= 4 is 22.9 Å². The summed E-state index contributed by atoms with van der Waals surface area (Å²) in [5.74, 6) is 2.08. The molecule has 3 aromatic rings. The van der Waals surface area contributed by atoms with Crippen LogP contribution in [0.5, 0.6) is 0 Å². The van der Waals surface area contributed by atoms with Gasteiger partial charge in [0.05, 0.1) is 10.7 Å². The van der Waals surface area contributed by atoms with Crippen molar-refractivity contribution in [3.8, 4) is 0 Å². The van der Waals surface area contributed by atoms with Crippen molar-refractivity contribution in [1.29, 1.82) is 0 Å². The number of fused-ring (bicyclic) bond motifs is 1. The van der Waals surface area contributed by atoms with Crippen LogP contribution < -0.4 is 10.6 Å². The van der Waals surface area contributed by atoms with Gasteiger partial charge in [-0.2, -0.15) is 0 Å². The molecular formula is C18H25N7S. The molecule has 0 aromatic carbocycles. The van der Waals surface area contributed by atoms with Crippen LogP contribution in [0.4, 0.5) is 0 Å². The van der Waals surface area contributed by atoms with E-state index in [-0.39, 0.29) is 0 Å². The lowest BCUT2D eigenvalue weighted by Gasteiger charge is -2.10. The van der Waals surface area contributed by atoms with E-state index in [2.05, 4.69) is 57.0 Å². The number of nitrogens with one attached hydrogen (secondary N) is 2. The van der Waals surface area contributed by atoms with Crippen LogP contribution in [0.1, 0.15) is 43.2 Å². The standard InChI is InChI=1S/C18H25N7S/c1-4-19-18(20-9-8-14-12-26-17(22-14)13(2)3)21-11-16-24-23-15-7-5-6-10-25(15)16/h5-7,10,12-13H,4,8-9,11H2,1-3H3,(H2,19,20,21). The van der Waals surface area contributed by atoms with Crippen LogP contribution in [0.2, 0.25) is 0 Å². The smallest absolute Gasteiger partial charge is 0.191 e. The second-order valence-corrected chi connectivity index (χ2v) is 7.14. The van der Waals surface area contributed by atoms with Crippen molar-refractivity contribution in [3.05, 3.63) is 46.3 Å². The number of thiazole rings is 1. The fourth-order valence-electron chi connectivity index (χ4n) is 2.50. The third kappa shape index (κ3) is 4.57. The molecule has 0 aliphatic rings. The maximum Gasteiger partial charge on any atom is 0.191 e. The van der Waals surface area contributed by atoms with Crippen LogP contribution in [0, 0.1) is 0 Å². The third-order valence-electron chi connectivity index (χ3n) is 3.84. The van der Waals surface area contributed by atoms with E-state index < -0.39 is 0 Å². The number of pyridine rings is 1. The molecule has 8 heteroatoms. The maximum absolute atomic E-state index is 4.67. The highest BCUT2D eigenvalue weighted by Gasteiger charge is 2.07. The molecule has 0 atom stereocenters. The van der Waals surface area contributed by atoms with Gasteiger partial charge in [0, 0.05) is 37.0 Å². The zero-order valence-electron chi connectivity index (χ0n) is 15.4. The highest BCUT2D eigenvalue weighted by Crippen LogP contribution is 2.19. The molecule has 0 spiro atoms. The monoisotopic (exact) mass is 371 g/mol. The molecule has 7 nitrogen and oxygen atoms in total. The second kappa shape index (κ2) is 8.75. The number of hydrogen-bond acceptors (Lipinski definition) is 5. The Morgan fingerprint density at radius 1 is 1.27 bits per heavy atom. The molecule has 0 aliphatic carbocycles. The van der Waals surface area contributed by atoms with Gasteiger partial charge in [0.25, 0.3) is 0 Å². The van der Waals surface area contributed by atoms with Gasteiger partial charge < -0.3 is 10.6 Å². The maximum atomic E-state index is 4.67. The van der Waals surface area contributed by atoms with Gasteiger partial charge in [-0.15, -0.1) is 21.5 Å². The molecule has 0 amide bonds. The van der Waals surface area contributed by atoms with E-state index in [4.69, 9.17) is 0 Å². The average molecular weight is 372 g/mol. The van der Waals surface area contributed by atoms with Crippen molar-refractivity contribution in [1.82, 2.24) is 30.2 Å². The number of hydrogen-bond donors (Lipinski definition) is 2. The number of rotatable bonds is 7. The Morgan fingerprint density at radius 3 is 2.92 bits per heavy atom. The van der Waals surface area contributed by atoms with Gasteiger partial charge in [-0.25, -0.2) is 9.98 Å². The summed E-state index contributed by atoms with van der Waals surface area (Å²) >= 11 is 1.73. The molecule has 0 saturated carbocycles. The molecule has 0 unspecified atom stereocenters. The molecule has 0 bridgehead atoms. The number of guanidine groups is 1. The highest BCUT2D eigenvalue weighted by molar-refractivity contribution is 7.09. The van der Waals surface area contributed by atoms with Crippen molar-refractivity contribution in [2.45, 2.75) is 39.7 Å². The molecule has 0 aliphatic heterocycles. The Kier molecular flexibility index (Phi) is 6.17. The molecule has 3 heterocycles. The van der Waals surface area contributed by atoms with Gasteiger partial charge in [0.2, 0.25) is 0 Å². The Balaban J connectivity index is 1.58. The average Bonchev–Trinajstić information content (AvgIpc) is 3.27. The summed E-state index contributed by atoms with van der Waals surface area (Å²) in [6.45, 7) is 8.46. The first kappa shape index (κ1) is 18.3. The lowest BCUT2D eigenvalue weighted by Crippen LogP contribution is -2.38. The van der Waals surface area contributed by atoms with Crippen LogP contribution in [-0.4, -0.2) is 38.6 Å². The van der Waals surface area contributed by atoms with E-state index in [0.717, 1.165) is 42.6 Å². The Hall–Kier alpha value is -2.48. The summed E-state index contributed by atoms with van der Waals surface area (Å²) < 4.78 is 1.95. The summed E-state index contributed by atoms with van der Waals surface area (Å²) in [6.07, 6.45) is 2.83. The molecule has 3 aromatic heterocycles. The van der Waals surface area contributed by atoms with Crippen molar-refractivity contribution in [2.75, 3.05) is 13.1 Å². The van der Waals surface area contributed by atoms with E-state index in [0.29, 0.717) is 12.5 Å². The van der Waals surface area contributed by atoms with Gasteiger partial charge in [-0.1, -0.05) is 19.9 Å². The normalized spacial score (nSPS) is 12.1. The minimum Gasteiger partial charge on any atom is -0.357 e. The van der Waals surface area contributed by atoms with Crippen LogP contribution in [0.15, 0.2) is 34.8 Å². The predicted molar refractivity (Wildman–Crippen MR) is 106 cm³/mol. The minimum absolute atomic E-state index is 0.467. The van der Waals surface area contributed by atoms with Crippen molar-refractivity contribution in [2.24, 2.45) is 4.99 Å². The molecule has 0 saturated heterocycles. The van der Waals surface area contributed by atoms with Crippen LogP contribution in [0.25, 0.3) is 5.65 Å². The van der Waals surface area contributed by atoms with Gasteiger partial charge in [0.15, 0.2) is 17.4 Å². The van der Waals surface area contributed by atoms with E-state index in [1.807, 2.05) is 28.8 Å². The molecule has 138 valence electrons. The predicted octanol–water partition coefficient (Wildman–Crippen LogP) is 2.61. The third-order valence-corrected chi connectivity index (χ3v) is 5.04. The lowest BCUT2D eigenvalue weighted by atomic mass is 10.2. The van der Waals surface area contributed by atoms with E-state index >= 15 is 0 Å². The zero-order chi connectivity index (χ0) is 18.4. The quantitative estimate of drug-likeness (QED) is 0.493. The Morgan fingerprint density at radius 2 is 2.15 bits per heavy atom. The van der Waals surface area contributed by atoms with Gasteiger partial charge >= 0.3 is 0 Å². The Labute approximate surface area is 157 Å². The fraction of sp³-hybridized carbons (Fsp3) is 0.444. The van der Waals surface area contributed by atoms with Crippen LogP contribution in [0.3, 0.4) is 0 Å². The zero-order valence-corrected chi connectivity index (χ0v) is 16.3. The number of nitrogens with zero attached hydrogens (tertiary/aromatic N) is 5. The second-order valence-electron chi connectivity index (χ2n) is 6.25. The summed E-state index contributed by atoms with van der Waals surface area (Å²) in [5.41, 5.74) is 1.96. The Bertz CT molecular complexity index is 865. The molecule has 2 N–H and O–H groups in total. The first-order chi connectivity index (χ1) is 12.7. The topological polar surface area (TPSA) is 79.5 Å². The SMILES string of the molecule is CCNC(=NCc1nnc2ccccn12)NCCc1csc(C(C)C)n1. The fourth-order valence-corrected chi connectivity index (χ4v) is 3.37. The van der Waals surface area contributed by atoms with Gasteiger partial charge in [-0.05, 0) is 19.1 Å². The summed E-state index contributed by atoms with van der Waals surface area (Å²) in [4.78, 5) is 9.29. The largest absolute Gasteiger partial charge is 0.357 e. The van der Waals surface area contributed by atoms with Gasteiger partial charge in [-0.3, -0.25) is 4.40 Å². The van der Waals surface area contributed by atoms with Crippen LogP contribution in [-0.2, 0) is 13.0 Å². The first-order valence-electron chi connectivity index (χ1n) is 8.92. The van der Waals surface area contributed by atoms with Crippen LogP contribution >= 0.6 is 11.3 Å². The molecule has 0 radical (unpaired) electrons. The summed E-state index contributed by atoms with van der Waals surface area (Å²) in [5, 5.41) is 18.3. The molecule has 26 heavy (non-hydrogen) atoms.